The van der Waals surface area contributed by atoms with Gasteiger partial charge in [-0.3, -0.25) is 0 Å². The number of hydrogen-bond donors (Lipinski definition) is 3. The maximum Gasteiger partial charge on any atom is 0.573 e. The van der Waals surface area contributed by atoms with Crippen molar-refractivity contribution in [1.82, 2.24) is 9.97 Å². The largest absolute Gasteiger partial charge is 0.573 e. The second kappa shape index (κ2) is 11.8. The number of alkyl halides is 3. The summed E-state index contributed by atoms with van der Waals surface area (Å²) in [7, 11) is 0. The summed E-state index contributed by atoms with van der Waals surface area (Å²) < 4.78 is 42.4. The minimum absolute atomic E-state index is 0.0568. The summed E-state index contributed by atoms with van der Waals surface area (Å²) in [5.74, 6) is 7.32. The lowest BCUT2D eigenvalue weighted by molar-refractivity contribution is -0.274. The Kier molecular flexibility index (Phi) is 8.28. The van der Waals surface area contributed by atoms with E-state index >= 15 is 0 Å². The highest BCUT2D eigenvalue weighted by atomic mass is 19.4. The molecule has 4 rings (SSSR count). The summed E-state index contributed by atoms with van der Waals surface area (Å²) in [6, 6.07) is 15.8. The number of halogens is 3. The Bertz CT molecular complexity index is 1200. The number of nitrogens with one attached hydrogen (secondary N) is 2. The number of nitrogens with two attached hydrogens (primary N) is 1. The number of rotatable bonds is 7. The molecule has 1 aliphatic rings. The summed E-state index contributed by atoms with van der Waals surface area (Å²) in [5, 5.41) is 6.41. The first-order valence-corrected chi connectivity index (χ1v) is 11.9. The summed E-state index contributed by atoms with van der Waals surface area (Å²) >= 11 is 0. The van der Waals surface area contributed by atoms with Gasteiger partial charge >= 0.3 is 6.36 Å². The third kappa shape index (κ3) is 7.62. The third-order valence-electron chi connectivity index (χ3n) is 5.99. The molecule has 1 fully saturated rings. The predicted molar refractivity (Wildman–Crippen MR) is 133 cm³/mol. The molecule has 9 heteroatoms. The zero-order valence-electron chi connectivity index (χ0n) is 19.7. The zero-order chi connectivity index (χ0) is 25.4. The maximum absolute atomic E-state index is 12.7. The van der Waals surface area contributed by atoms with Crippen molar-refractivity contribution < 1.29 is 17.9 Å². The van der Waals surface area contributed by atoms with Crippen LogP contribution in [0.4, 0.5) is 24.9 Å². The fraction of sp³-hybridized carbons (Fsp3) is 0.333. The van der Waals surface area contributed by atoms with Crippen molar-refractivity contribution >= 4 is 11.8 Å². The fourth-order valence-electron chi connectivity index (χ4n) is 4.04. The molecule has 0 aliphatic heterocycles. The molecule has 1 heterocycles. The number of aromatic nitrogens is 2. The third-order valence-corrected chi connectivity index (χ3v) is 5.99. The van der Waals surface area contributed by atoms with Gasteiger partial charge in [-0.15, -0.1) is 13.2 Å². The number of para-hydroxylation sites is 1. The van der Waals surface area contributed by atoms with Crippen LogP contribution in [0.1, 0.15) is 42.4 Å². The van der Waals surface area contributed by atoms with Crippen molar-refractivity contribution in [2.24, 2.45) is 11.7 Å². The van der Waals surface area contributed by atoms with Crippen LogP contribution in [0, 0.1) is 17.8 Å². The molecule has 0 bridgehead atoms. The van der Waals surface area contributed by atoms with Gasteiger partial charge in [0.15, 0.2) is 0 Å². The van der Waals surface area contributed by atoms with Crippen LogP contribution in [0.3, 0.4) is 0 Å². The highest BCUT2D eigenvalue weighted by Crippen LogP contribution is 2.27. The average Bonchev–Trinajstić information content (AvgIpc) is 2.87. The quantitative estimate of drug-likeness (QED) is 0.385. The molecular formula is C27H28F3N5O. The highest BCUT2D eigenvalue weighted by molar-refractivity contribution is 5.57. The van der Waals surface area contributed by atoms with Gasteiger partial charge in [0.05, 0.1) is 11.8 Å². The van der Waals surface area contributed by atoms with Gasteiger partial charge in [0.2, 0.25) is 5.95 Å². The summed E-state index contributed by atoms with van der Waals surface area (Å²) in [6.45, 7) is 0.784. The van der Waals surface area contributed by atoms with Gasteiger partial charge < -0.3 is 21.1 Å². The van der Waals surface area contributed by atoms with E-state index in [9.17, 15) is 13.2 Å². The first-order chi connectivity index (χ1) is 17.4. The first kappa shape index (κ1) is 25.3. The van der Waals surface area contributed by atoms with Crippen LogP contribution in [0.2, 0.25) is 0 Å². The van der Waals surface area contributed by atoms with E-state index in [4.69, 9.17) is 5.73 Å². The molecule has 0 atom stereocenters. The van der Waals surface area contributed by atoms with Crippen LogP contribution in [0.25, 0.3) is 0 Å². The molecule has 36 heavy (non-hydrogen) atoms. The van der Waals surface area contributed by atoms with E-state index in [2.05, 4.69) is 37.2 Å². The summed E-state index contributed by atoms with van der Waals surface area (Å²) in [4.78, 5) is 8.91. The summed E-state index contributed by atoms with van der Waals surface area (Å²) in [5.41, 5.74) is 7.87. The molecule has 0 unspecified atom stereocenters. The second-order valence-electron chi connectivity index (χ2n) is 8.74. The van der Waals surface area contributed by atoms with E-state index in [0.717, 1.165) is 37.8 Å². The van der Waals surface area contributed by atoms with Gasteiger partial charge in [-0.1, -0.05) is 48.2 Å². The van der Waals surface area contributed by atoms with Gasteiger partial charge in [0.25, 0.3) is 0 Å². The van der Waals surface area contributed by atoms with Gasteiger partial charge in [-0.25, -0.2) is 4.98 Å². The van der Waals surface area contributed by atoms with Crippen LogP contribution in [0.15, 0.2) is 60.8 Å². The molecule has 1 saturated carbocycles. The smallest absolute Gasteiger partial charge is 0.405 e. The van der Waals surface area contributed by atoms with Crippen LogP contribution < -0.4 is 21.1 Å². The van der Waals surface area contributed by atoms with Crippen molar-refractivity contribution in [1.29, 1.82) is 0 Å². The lowest BCUT2D eigenvalue weighted by Crippen LogP contribution is -2.29. The SMILES string of the molecule is NC1CCC(CNc2nc(NCc3ccccc3OC(F)(F)F)ncc2C#Cc2ccccc2)CC1. The van der Waals surface area contributed by atoms with Crippen LogP contribution in [-0.2, 0) is 6.54 Å². The van der Waals surface area contributed by atoms with Crippen molar-refractivity contribution in [3.05, 3.63) is 77.5 Å². The number of benzene rings is 2. The van der Waals surface area contributed by atoms with E-state index in [1.54, 1.807) is 18.3 Å². The highest BCUT2D eigenvalue weighted by Gasteiger charge is 2.32. The van der Waals surface area contributed by atoms with Crippen LogP contribution in [-0.4, -0.2) is 28.9 Å². The van der Waals surface area contributed by atoms with Crippen molar-refractivity contribution in [2.45, 2.75) is 44.6 Å². The van der Waals surface area contributed by atoms with Gasteiger partial charge in [-0.05, 0) is 49.8 Å². The van der Waals surface area contributed by atoms with Crippen LogP contribution >= 0.6 is 0 Å². The Morgan fingerprint density at radius 2 is 1.67 bits per heavy atom. The van der Waals surface area contributed by atoms with Crippen molar-refractivity contribution in [3.8, 4) is 17.6 Å². The minimum atomic E-state index is -4.77. The van der Waals surface area contributed by atoms with E-state index in [1.807, 2.05) is 30.3 Å². The number of ether oxygens (including phenoxy) is 1. The monoisotopic (exact) mass is 495 g/mol. The molecule has 1 aliphatic carbocycles. The van der Waals surface area contributed by atoms with Crippen molar-refractivity contribution in [2.75, 3.05) is 17.2 Å². The number of hydrogen-bond acceptors (Lipinski definition) is 6. The molecule has 0 amide bonds. The van der Waals surface area contributed by atoms with Gasteiger partial charge in [-0.2, -0.15) is 4.98 Å². The lowest BCUT2D eigenvalue weighted by Gasteiger charge is -2.26. The molecule has 188 valence electrons. The molecule has 0 radical (unpaired) electrons. The molecule has 0 spiro atoms. The Labute approximate surface area is 208 Å². The lowest BCUT2D eigenvalue weighted by atomic mass is 9.86. The Morgan fingerprint density at radius 3 is 2.42 bits per heavy atom. The fourth-order valence-corrected chi connectivity index (χ4v) is 4.04. The van der Waals surface area contributed by atoms with E-state index in [-0.39, 0.29) is 24.3 Å². The van der Waals surface area contributed by atoms with Gasteiger partial charge in [0.1, 0.15) is 11.6 Å². The zero-order valence-corrected chi connectivity index (χ0v) is 19.7. The topological polar surface area (TPSA) is 85.1 Å². The Hall–Kier alpha value is -3.77. The molecule has 6 nitrogen and oxygen atoms in total. The van der Waals surface area contributed by atoms with Gasteiger partial charge in [0, 0.05) is 30.3 Å². The standard InChI is InChI=1S/C27H28F3N5O/c28-27(29,30)36-24-9-5-4-8-21(24)17-33-26-34-18-22(13-10-19-6-2-1-3-7-19)25(35-26)32-16-20-11-14-23(31)15-12-20/h1-9,18,20,23H,11-12,14-17,31H2,(H2,32,33,34,35). The van der Waals surface area contributed by atoms with E-state index in [0.29, 0.717) is 22.9 Å². The Balaban J connectivity index is 1.51. The molecular weight excluding hydrogens is 467 g/mol. The maximum atomic E-state index is 12.7. The molecule has 4 N–H and O–H groups in total. The normalized spacial score (nSPS) is 17.6. The molecule has 0 saturated heterocycles. The first-order valence-electron chi connectivity index (χ1n) is 11.9. The average molecular weight is 496 g/mol. The minimum Gasteiger partial charge on any atom is -0.405 e. The van der Waals surface area contributed by atoms with Crippen molar-refractivity contribution in [3.63, 3.8) is 0 Å². The molecule has 2 aromatic carbocycles. The number of anilines is 2. The second-order valence-corrected chi connectivity index (χ2v) is 8.74. The Morgan fingerprint density at radius 1 is 0.944 bits per heavy atom. The molecule has 3 aromatic rings. The predicted octanol–water partition coefficient (Wildman–Crippen LogP) is 5.32. The van der Waals surface area contributed by atoms with E-state index in [1.165, 1.54) is 12.1 Å². The summed E-state index contributed by atoms with van der Waals surface area (Å²) in [6.07, 6.45) is 0.942. The number of nitrogens with zero attached hydrogens (tertiary/aromatic N) is 2. The molecule has 1 aromatic heterocycles. The van der Waals surface area contributed by atoms with Crippen LogP contribution in [0.5, 0.6) is 5.75 Å². The van der Waals surface area contributed by atoms with E-state index < -0.39 is 6.36 Å².